The van der Waals surface area contributed by atoms with Crippen LogP contribution in [0.15, 0.2) is 43.0 Å². The molecule has 0 saturated carbocycles. The molecule has 0 fully saturated rings. The molecule has 1 amide bonds. The second-order valence-corrected chi connectivity index (χ2v) is 6.65. The number of carbonyl (C=O) groups excluding carboxylic acids is 1. The fourth-order valence-electron chi connectivity index (χ4n) is 2.37. The third kappa shape index (κ3) is 3.71. The topological polar surface area (TPSA) is 68.5 Å². The van der Waals surface area contributed by atoms with E-state index in [1.165, 1.54) is 0 Å². The van der Waals surface area contributed by atoms with Crippen molar-refractivity contribution < 1.29 is 9.53 Å². The van der Waals surface area contributed by atoms with Gasteiger partial charge < -0.3 is 9.14 Å². The van der Waals surface area contributed by atoms with Gasteiger partial charge in [-0.15, -0.1) is 0 Å². The summed E-state index contributed by atoms with van der Waals surface area (Å²) in [6, 6.07) is 7.84. The van der Waals surface area contributed by atoms with Gasteiger partial charge in [-0.3, -0.25) is 10.3 Å². The Morgan fingerprint density at radius 1 is 1.17 bits per heavy atom. The van der Waals surface area contributed by atoms with Crippen molar-refractivity contribution in [1.29, 1.82) is 0 Å². The van der Waals surface area contributed by atoms with E-state index in [2.05, 4.69) is 15.3 Å². The molecule has 3 heterocycles. The molecule has 0 aromatic carbocycles. The average molecular weight is 324 g/mol. The van der Waals surface area contributed by atoms with E-state index in [4.69, 9.17) is 4.74 Å². The second-order valence-electron chi connectivity index (χ2n) is 6.65. The predicted molar refractivity (Wildman–Crippen MR) is 93.0 cm³/mol. The fraction of sp³-hybridized carbons (Fsp3) is 0.278. The van der Waals surface area contributed by atoms with Gasteiger partial charge in [-0.25, -0.2) is 9.78 Å². The van der Waals surface area contributed by atoms with Crippen LogP contribution in [0.1, 0.15) is 26.5 Å². The van der Waals surface area contributed by atoms with Crippen LogP contribution >= 0.6 is 0 Å². The zero-order chi connectivity index (χ0) is 17.3. The highest BCUT2D eigenvalue weighted by Crippen LogP contribution is 2.23. The number of anilines is 1. The van der Waals surface area contributed by atoms with Gasteiger partial charge in [-0.2, -0.15) is 0 Å². The second kappa shape index (κ2) is 5.96. The summed E-state index contributed by atoms with van der Waals surface area (Å²) in [5.41, 5.74) is 3.51. The Kier molecular flexibility index (Phi) is 3.97. The number of aromatic nitrogens is 3. The zero-order valence-electron chi connectivity index (χ0n) is 14.2. The number of aryl methyl sites for hydroxylation is 1. The minimum Gasteiger partial charge on any atom is -0.444 e. The van der Waals surface area contributed by atoms with Crippen molar-refractivity contribution in [1.82, 2.24) is 14.4 Å². The number of ether oxygens (including phenoxy) is 1. The third-order valence-electron chi connectivity index (χ3n) is 3.34. The van der Waals surface area contributed by atoms with E-state index < -0.39 is 11.7 Å². The highest BCUT2D eigenvalue weighted by Gasteiger charge is 2.16. The quantitative estimate of drug-likeness (QED) is 0.772. The highest BCUT2D eigenvalue weighted by molar-refractivity contribution is 5.84. The molecule has 0 aliphatic rings. The number of fused-ring (bicyclic) bond motifs is 1. The molecule has 0 aliphatic carbocycles. The Labute approximate surface area is 140 Å². The van der Waals surface area contributed by atoms with Crippen molar-refractivity contribution >= 4 is 17.4 Å². The van der Waals surface area contributed by atoms with E-state index in [9.17, 15) is 4.79 Å². The molecule has 0 bridgehead atoms. The maximum absolute atomic E-state index is 11.8. The third-order valence-corrected chi connectivity index (χ3v) is 3.34. The summed E-state index contributed by atoms with van der Waals surface area (Å²) in [6.07, 6.45) is 4.94. The lowest BCUT2D eigenvalue weighted by Gasteiger charge is -2.19. The van der Waals surface area contributed by atoms with Gasteiger partial charge in [0.2, 0.25) is 0 Å². The van der Waals surface area contributed by atoms with Gasteiger partial charge in [0, 0.05) is 29.7 Å². The first-order chi connectivity index (χ1) is 11.3. The van der Waals surface area contributed by atoms with Crippen LogP contribution in [0.2, 0.25) is 0 Å². The molecular formula is C18H20N4O2. The van der Waals surface area contributed by atoms with Crippen LogP contribution < -0.4 is 5.32 Å². The molecule has 124 valence electrons. The number of amides is 1. The summed E-state index contributed by atoms with van der Waals surface area (Å²) in [7, 11) is 0. The summed E-state index contributed by atoms with van der Waals surface area (Å²) in [5.74, 6) is 0.451. The van der Waals surface area contributed by atoms with Gasteiger partial charge in [0.15, 0.2) is 0 Å². The molecule has 0 saturated heterocycles. The van der Waals surface area contributed by atoms with Gasteiger partial charge in [-0.1, -0.05) is 0 Å². The number of rotatable bonds is 2. The standard InChI is InChI=1S/C18H20N4O2/c1-12-7-13(5-6-19-12)14-8-15-9-16(20-11-22(15)10-14)21-17(23)24-18(2,3)4/h5-11H,1-4H3,(H,21,23). The van der Waals surface area contributed by atoms with Crippen molar-refractivity contribution in [3.05, 3.63) is 48.7 Å². The van der Waals surface area contributed by atoms with Crippen molar-refractivity contribution in [2.45, 2.75) is 33.3 Å². The van der Waals surface area contributed by atoms with Crippen molar-refractivity contribution in [3.8, 4) is 11.1 Å². The Morgan fingerprint density at radius 3 is 2.67 bits per heavy atom. The van der Waals surface area contributed by atoms with E-state index in [-0.39, 0.29) is 0 Å². The van der Waals surface area contributed by atoms with Gasteiger partial charge in [0.25, 0.3) is 0 Å². The van der Waals surface area contributed by atoms with Crippen LogP contribution in [0.4, 0.5) is 10.6 Å². The summed E-state index contributed by atoms with van der Waals surface area (Å²) in [4.78, 5) is 20.3. The van der Waals surface area contributed by atoms with Gasteiger partial charge in [0.1, 0.15) is 17.7 Å². The summed E-state index contributed by atoms with van der Waals surface area (Å²) < 4.78 is 7.15. The predicted octanol–water partition coefficient (Wildman–Crippen LogP) is 4.05. The van der Waals surface area contributed by atoms with Gasteiger partial charge >= 0.3 is 6.09 Å². The molecule has 1 N–H and O–H groups in total. The normalized spacial score (nSPS) is 11.5. The van der Waals surface area contributed by atoms with Crippen LogP contribution in [-0.2, 0) is 4.74 Å². The Morgan fingerprint density at radius 2 is 1.96 bits per heavy atom. The lowest BCUT2D eigenvalue weighted by molar-refractivity contribution is 0.0635. The first kappa shape index (κ1) is 16.0. The molecular weight excluding hydrogens is 304 g/mol. The van der Waals surface area contributed by atoms with Gasteiger partial charge in [-0.05, 0) is 51.5 Å². The first-order valence-corrected chi connectivity index (χ1v) is 7.71. The zero-order valence-corrected chi connectivity index (χ0v) is 14.2. The lowest BCUT2D eigenvalue weighted by Crippen LogP contribution is -2.27. The number of hydrogen-bond acceptors (Lipinski definition) is 4. The molecule has 3 aromatic heterocycles. The molecule has 6 heteroatoms. The van der Waals surface area contributed by atoms with E-state index in [0.717, 1.165) is 22.3 Å². The smallest absolute Gasteiger partial charge is 0.413 e. The number of hydrogen-bond donors (Lipinski definition) is 1. The fourth-order valence-corrected chi connectivity index (χ4v) is 2.37. The number of pyridine rings is 1. The SMILES string of the molecule is Cc1cc(-c2cc3cc(NC(=O)OC(C)(C)C)ncn3c2)ccn1. The molecule has 0 spiro atoms. The highest BCUT2D eigenvalue weighted by atomic mass is 16.6. The molecule has 6 nitrogen and oxygen atoms in total. The number of nitrogens with one attached hydrogen (secondary N) is 1. The van der Waals surface area contributed by atoms with Crippen molar-refractivity contribution in [2.24, 2.45) is 0 Å². The van der Waals surface area contributed by atoms with E-state index >= 15 is 0 Å². The van der Waals surface area contributed by atoms with Crippen LogP contribution in [0.3, 0.4) is 0 Å². The van der Waals surface area contributed by atoms with Crippen LogP contribution in [-0.4, -0.2) is 26.1 Å². The number of nitrogens with zero attached hydrogens (tertiary/aromatic N) is 3. The lowest BCUT2D eigenvalue weighted by atomic mass is 10.1. The van der Waals surface area contributed by atoms with Crippen molar-refractivity contribution in [2.75, 3.05) is 5.32 Å². The monoisotopic (exact) mass is 324 g/mol. The first-order valence-electron chi connectivity index (χ1n) is 7.71. The van der Waals surface area contributed by atoms with Crippen LogP contribution in [0.5, 0.6) is 0 Å². The minimum absolute atomic E-state index is 0.451. The Bertz CT molecular complexity index is 893. The van der Waals surface area contributed by atoms with E-state index in [1.807, 2.05) is 62.6 Å². The maximum atomic E-state index is 11.8. The molecule has 0 atom stereocenters. The Hall–Kier alpha value is -2.89. The largest absolute Gasteiger partial charge is 0.444 e. The molecule has 0 radical (unpaired) electrons. The minimum atomic E-state index is -0.546. The molecule has 24 heavy (non-hydrogen) atoms. The number of carbonyl (C=O) groups is 1. The summed E-state index contributed by atoms with van der Waals surface area (Å²) >= 11 is 0. The summed E-state index contributed by atoms with van der Waals surface area (Å²) in [5, 5.41) is 2.65. The molecule has 0 unspecified atom stereocenters. The van der Waals surface area contributed by atoms with E-state index in [0.29, 0.717) is 5.82 Å². The van der Waals surface area contributed by atoms with Crippen LogP contribution in [0.25, 0.3) is 16.6 Å². The summed E-state index contributed by atoms with van der Waals surface area (Å²) in [6.45, 7) is 7.42. The average Bonchev–Trinajstić information content (AvgIpc) is 2.88. The molecule has 0 aliphatic heterocycles. The Balaban J connectivity index is 1.85. The maximum Gasteiger partial charge on any atom is 0.413 e. The van der Waals surface area contributed by atoms with Gasteiger partial charge in [0.05, 0.1) is 5.52 Å². The van der Waals surface area contributed by atoms with Crippen LogP contribution in [0, 0.1) is 6.92 Å². The molecule has 3 aromatic rings. The van der Waals surface area contributed by atoms with Crippen molar-refractivity contribution in [3.63, 3.8) is 0 Å². The molecule has 3 rings (SSSR count). The van der Waals surface area contributed by atoms with E-state index in [1.54, 1.807) is 12.5 Å².